The van der Waals surface area contributed by atoms with Gasteiger partial charge in [-0.2, -0.15) is 0 Å². The highest BCUT2D eigenvalue weighted by Gasteiger charge is 2.12. The Morgan fingerprint density at radius 1 is 1.85 bits per heavy atom. The van der Waals surface area contributed by atoms with E-state index in [1.807, 2.05) is 0 Å². The molecule has 3 N–H and O–H groups in total. The van der Waals surface area contributed by atoms with Crippen LogP contribution in [0.15, 0.2) is 10.7 Å². The van der Waals surface area contributed by atoms with Crippen LogP contribution in [-0.4, -0.2) is 16.1 Å². The Morgan fingerprint density at radius 2 is 2.54 bits per heavy atom. The lowest BCUT2D eigenvalue weighted by Crippen LogP contribution is -2.12. The highest BCUT2D eigenvalue weighted by Crippen LogP contribution is 2.17. The molecule has 0 saturated carbocycles. The standard InChI is InChI=1S/C7H9ClN2O3/c8-7-10-5(3-13-7)4(9)1-2-6(11)12/h3-4H,1-2,9H2,(H,11,12). The molecule has 0 bridgehead atoms. The van der Waals surface area contributed by atoms with E-state index in [9.17, 15) is 4.79 Å². The van der Waals surface area contributed by atoms with E-state index in [2.05, 4.69) is 4.98 Å². The van der Waals surface area contributed by atoms with Crippen LogP contribution >= 0.6 is 11.6 Å². The highest BCUT2D eigenvalue weighted by atomic mass is 35.5. The van der Waals surface area contributed by atoms with E-state index in [4.69, 9.17) is 26.9 Å². The van der Waals surface area contributed by atoms with Crippen LogP contribution in [0.2, 0.25) is 5.35 Å². The summed E-state index contributed by atoms with van der Waals surface area (Å²) in [7, 11) is 0. The van der Waals surface area contributed by atoms with Crippen LogP contribution in [0, 0.1) is 0 Å². The van der Waals surface area contributed by atoms with Crippen LogP contribution in [0.3, 0.4) is 0 Å². The third-order valence-corrected chi connectivity index (χ3v) is 1.72. The molecule has 0 fully saturated rings. The molecule has 1 rings (SSSR count). The number of carbonyl (C=O) groups is 1. The number of nitrogens with two attached hydrogens (primary N) is 1. The maximum atomic E-state index is 10.2. The fourth-order valence-corrected chi connectivity index (χ4v) is 1.00. The van der Waals surface area contributed by atoms with Gasteiger partial charge in [-0.15, -0.1) is 0 Å². The Kier molecular flexibility index (Phi) is 3.27. The van der Waals surface area contributed by atoms with Gasteiger partial charge in [0.05, 0.1) is 11.7 Å². The van der Waals surface area contributed by atoms with Crippen molar-refractivity contribution in [2.75, 3.05) is 0 Å². The Bertz CT molecular complexity index is 300. The van der Waals surface area contributed by atoms with Crippen LogP contribution in [-0.2, 0) is 4.79 Å². The minimum atomic E-state index is -0.884. The van der Waals surface area contributed by atoms with Crippen molar-refractivity contribution in [2.45, 2.75) is 18.9 Å². The molecule has 0 aliphatic heterocycles. The molecule has 0 aromatic carbocycles. The first kappa shape index (κ1) is 10.0. The Labute approximate surface area is 79.5 Å². The van der Waals surface area contributed by atoms with E-state index in [0.717, 1.165) is 0 Å². The molecular formula is C7H9ClN2O3. The molecular weight excluding hydrogens is 196 g/mol. The van der Waals surface area contributed by atoms with E-state index in [-0.39, 0.29) is 11.8 Å². The SMILES string of the molecule is NC(CCC(=O)O)c1coc(Cl)n1. The largest absolute Gasteiger partial charge is 0.481 e. The summed E-state index contributed by atoms with van der Waals surface area (Å²) >= 11 is 5.42. The van der Waals surface area contributed by atoms with Gasteiger partial charge >= 0.3 is 5.97 Å². The number of nitrogens with zero attached hydrogens (tertiary/aromatic N) is 1. The van der Waals surface area contributed by atoms with Gasteiger partial charge < -0.3 is 15.3 Å². The van der Waals surface area contributed by atoms with Gasteiger partial charge in [-0.1, -0.05) is 0 Å². The highest BCUT2D eigenvalue weighted by molar-refractivity contribution is 6.27. The third-order valence-electron chi connectivity index (χ3n) is 1.54. The van der Waals surface area contributed by atoms with Crippen molar-refractivity contribution in [3.8, 4) is 0 Å². The average Bonchev–Trinajstić information content (AvgIpc) is 2.47. The number of carboxylic acids is 1. The molecule has 0 aliphatic carbocycles. The predicted octanol–water partition coefficient (Wildman–Crippen LogP) is 1.19. The quantitative estimate of drug-likeness (QED) is 0.769. The molecule has 5 nitrogen and oxygen atoms in total. The van der Waals surface area contributed by atoms with Crippen molar-refractivity contribution in [1.82, 2.24) is 4.98 Å². The Balaban J connectivity index is 2.48. The Morgan fingerprint density at radius 3 is 3.00 bits per heavy atom. The number of carboxylic acid groups (broad SMARTS) is 1. The predicted molar refractivity (Wildman–Crippen MR) is 45.3 cm³/mol. The van der Waals surface area contributed by atoms with Crippen molar-refractivity contribution in [1.29, 1.82) is 0 Å². The summed E-state index contributed by atoms with van der Waals surface area (Å²) in [6, 6.07) is -0.438. The van der Waals surface area contributed by atoms with Crippen LogP contribution in [0.1, 0.15) is 24.6 Å². The lowest BCUT2D eigenvalue weighted by Gasteiger charge is -2.04. The van der Waals surface area contributed by atoms with Gasteiger partial charge in [0.1, 0.15) is 6.26 Å². The Hall–Kier alpha value is -1.07. The normalized spacial score (nSPS) is 12.8. The molecule has 1 aromatic heterocycles. The summed E-state index contributed by atoms with van der Waals surface area (Å²) < 4.78 is 4.72. The van der Waals surface area contributed by atoms with Crippen LogP contribution < -0.4 is 5.73 Å². The van der Waals surface area contributed by atoms with Crippen molar-refractivity contribution in [2.24, 2.45) is 5.73 Å². The second-order valence-corrected chi connectivity index (χ2v) is 2.89. The molecule has 72 valence electrons. The van der Waals surface area contributed by atoms with Crippen molar-refractivity contribution >= 4 is 17.6 Å². The van der Waals surface area contributed by atoms with E-state index in [1.165, 1.54) is 6.26 Å². The molecule has 1 aromatic rings. The molecule has 1 atom stereocenters. The van der Waals surface area contributed by atoms with Crippen molar-refractivity contribution in [3.63, 3.8) is 0 Å². The fourth-order valence-electron chi connectivity index (χ4n) is 0.860. The molecule has 0 saturated heterocycles. The molecule has 0 radical (unpaired) electrons. The first-order valence-electron chi connectivity index (χ1n) is 3.68. The van der Waals surface area contributed by atoms with E-state index in [1.54, 1.807) is 0 Å². The van der Waals surface area contributed by atoms with E-state index >= 15 is 0 Å². The summed E-state index contributed by atoms with van der Waals surface area (Å²) in [5.41, 5.74) is 6.09. The molecule has 13 heavy (non-hydrogen) atoms. The van der Waals surface area contributed by atoms with E-state index in [0.29, 0.717) is 12.1 Å². The minimum Gasteiger partial charge on any atom is -0.481 e. The lowest BCUT2D eigenvalue weighted by molar-refractivity contribution is -0.137. The maximum absolute atomic E-state index is 10.2. The van der Waals surface area contributed by atoms with Gasteiger partial charge in [0.2, 0.25) is 0 Å². The van der Waals surface area contributed by atoms with Crippen LogP contribution in [0.25, 0.3) is 0 Å². The third kappa shape index (κ3) is 3.04. The number of hydrogen-bond acceptors (Lipinski definition) is 4. The fraction of sp³-hybridized carbons (Fsp3) is 0.429. The summed E-state index contributed by atoms with van der Waals surface area (Å²) in [6.45, 7) is 0. The van der Waals surface area contributed by atoms with Gasteiger partial charge in [-0.25, -0.2) is 4.98 Å². The maximum Gasteiger partial charge on any atom is 0.303 e. The minimum absolute atomic E-state index is 0.00560. The first-order chi connectivity index (χ1) is 6.09. The number of halogens is 1. The summed E-state index contributed by atoms with van der Waals surface area (Å²) in [5, 5.41) is 8.40. The number of aromatic nitrogens is 1. The van der Waals surface area contributed by atoms with E-state index < -0.39 is 12.0 Å². The molecule has 0 aliphatic rings. The topological polar surface area (TPSA) is 89.4 Å². The number of oxazole rings is 1. The average molecular weight is 205 g/mol. The zero-order valence-electron chi connectivity index (χ0n) is 6.74. The molecule has 6 heteroatoms. The second kappa shape index (κ2) is 4.25. The number of rotatable bonds is 4. The van der Waals surface area contributed by atoms with Crippen molar-refractivity contribution < 1.29 is 14.3 Å². The lowest BCUT2D eigenvalue weighted by atomic mass is 10.1. The van der Waals surface area contributed by atoms with Gasteiger partial charge in [0.15, 0.2) is 0 Å². The zero-order chi connectivity index (χ0) is 9.84. The summed E-state index contributed by atoms with van der Waals surface area (Å²) in [6.07, 6.45) is 1.65. The smallest absolute Gasteiger partial charge is 0.303 e. The molecule has 0 spiro atoms. The first-order valence-corrected chi connectivity index (χ1v) is 4.05. The zero-order valence-corrected chi connectivity index (χ0v) is 7.49. The van der Waals surface area contributed by atoms with Gasteiger partial charge in [-0.3, -0.25) is 4.79 Å². The second-order valence-electron chi connectivity index (χ2n) is 2.56. The van der Waals surface area contributed by atoms with Gasteiger partial charge in [0.25, 0.3) is 5.35 Å². The van der Waals surface area contributed by atoms with Crippen molar-refractivity contribution in [3.05, 3.63) is 17.3 Å². The van der Waals surface area contributed by atoms with Crippen LogP contribution in [0.4, 0.5) is 0 Å². The summed E-state index contributed by atoms with van der Waals surface area (Å²) in [5.74, 6) is -0.884. The molecule has 1 unspecified atom stereocenters. The van der Waals surface area contributed by atoms with Gasteiger partial charge in [-0.05, 0) is 18.0 Å². The van der Waals surface area contributed by atoms with Gasteiger partial charge in [0, 0.05) is 6.42 Å². The number of hydrogen-bond donors (Lipinski definition) is 2. The number of aliphatic carboxylic acids is 1. The monoisotopic (exact) mass is 204 g/mol. The molecule has 0 amide bonds. The molecule has 1 heterocycles. The van der Waals surface area contributed by atoms with Crippen LogP contribution in [0.5, 0.6) is 0 Å². The summed E-state index contributed by atoms with van der Waals surface area (Å²) in [4.78, 5) is 14.0.